The van der Waals surface area contributed by atoms with Gasteiger partial charge in [0.2, 0.25) is 0 Å². The largest absolute Gasteiger partial charge is 0.416 e. The molecule has 0 aliphatic carbocycles. The van der Waals surface area contributed by atoms with Gasteiger partial charge < -0.3 is 4.57 Å². The average molecular weight is 304 g/mol. The van der Waals surface area contributed by atoms with Crippen molar-refractivity contribution in [2.45, 2.75) is 31.9 Å². The molecule has 2 aromatic rings. The molecule has 1 aromatic carbocycles. The molecule has 0 bridgehead atoms. The molecule has 0 radical (unpaired) electrons. The van der Waals surface area contributed by atoms with Gasteiger partial charge in [0.25, 0.3) is 0 Å². The molecule has 7 heteroatoms. The fraction of sp³-hybridized carbons (Fsp3) is 0.385. The maximum atomic E-state index is 12.8. The van der Waals surface area contributed by atoms with Crippen LogP contribution >= 0.6 is 11.6 Å². The molecule has 0 fully saturated rings. The minimum atomic E-state index is -4.38. The zero-order chi connectivity index (χ0) is 14.9. The molecule has 0 amide bonds. The van der Waals surface area contributed by atoms with E-state index in [9.17, 15) is 13.2 Å². The van der Waals surface area contributed by atoms with Crippen LogP contribution in [0.25, 0.3) is 11.4 Å². The smallest absolute Gasteiger partial charge is 0.307 e. The zero-order valence-corrected chi connectivity index (χ0v) is 11.7. The van der Waals surface area contributed by atoms with E-state index >= 15 is 0 Å². The van der Waals surface area contributed by atoms with Gasteiger partial charge in [0.15, 0.2) is 5.82 Å². The van der Waals surface area contributed by atoms with Crippen LogP contribution in [0.5, 0.6) is 0 Å². The topological polar surface area (TPSA) is 30.7 Å². The number of hydrogen-bond acceptors (Lipinski definition) is 2. The van der Waals surface area contributed by atoms with Crippen LogP contribution in [0.2, 0.25) is 0 Å². The van der Waals surface area contributed by atoms with Crippen molar-refractivity contribution in [2.24, 2.45) is 0 Å². The third-order valence-corrected chi connectivity index (χ3v) is 3.09. The first-order chi connectivity index (χ1) is 9.34. The predicted octanol–water partition coefficient (Wildman–Crippen LogP) is 4.28. The minimum Gasteiger partial charge on any atom is -0.307 e. The Bertz CT molecular complexity index is 605. The van der Waals surface area contributed by atoms with E-state index in [-0.39, 0.29) is 11.9 Å². The second kappa shape index (κ2) is 5.44. The lowest BCUT2D eigenvalue weighted by Crippen LogP contribution is -2.08. The van der Waals surface area contributed by atoms with Gasteiger partial charge in [0, 0.05) is 11.6 Å². The lowest BCUT2D eigenvalue weighted by atomic mass is 10.1. The molecule has 0 saturated heterocycles. The van der Waals surface area contributed by atoms with Crippen molar-refractivity contribution >= 4 is 11.6 Å². The number of halogens is 4. The van der Waals surface area contributed by atoms with Crippen molar-refractivity contribution in [1.29, 1.82) is 0 Å². The quantitative estimate of drug-likeness (QED) is 0.792. The van der Waals surface area contributed by atoms with Gasteiger partial charge in [-0.05, 0) is 26.0 Å². The normalized spacial score (nSPS) is 12.2. The molecule has 0 saturated carbocycles. The first kappa shape index (κ1) is 14.8. The fourth-order valence-electron chi connectivity index (χ4n) is 1.99. The lowest BCUT2D eigenvalue weighted by Gasteiger charge is -2.14. The highest BCUT2D eigenvalue weighted by molar-refractivity contribution is 6.16. The summed E-state index contributed by atoms with van der Waals surface area (Å²) < 4.78 is 40.0. The summed E-state index contributed by atoms with van der Waals surface area (Å²) in [6, 6.07) is 5.04. The van der Waals surface area contributed by atoms with Crippen LogP contribution in [0, 0.1) is 0 Å². The highest BCUT2D eigenvalue weighted by atomic mass is 35.5. The number of hydrogen-bond donors (Lipinski definition) is 0. The Morgan fingerprint density at radius 3 is 2.50 bits per heavy atom. The molecule has 0 spiro atoms. The second-order valence-electron chi connectivity index (χ2n) is 4.62. The summed E-state index contributed by atoms with van der Waals surface area (Å²) in [6.07, 6.45) is -4.38. The molecule has 1 aromatic heterocycles. The van der Waals surface area contributed by atoms with Gasteiger partial charge in [0.05, 0.1) is 11.4 Å². The van der Waals surface area contributed by atoms with Gasteiger partial charge in [-0.3, -0.25) is 0 Å². The van der Waals surface area contributed by atoms with E-state index in [1.54, 1.807) is 10.6 Å². The fourth-order valence-corrected chi connectivity index (χ4v) is 2.17. The predicted molar refractivity (Wildman–Crippen MR) is 70.4 cm³/mol. The van der Waals surface area contributed by atoms with E-state index in [2.05, 4.69) is 10.2 Å². The van der Waals surface area contributed by atoms with E-state index in [0.29, 0.717) is 17.2 Å². The van der Waals surface area contributed by atoms with Crippen molar-refractivity contribution in [3.63, 3.8) is 0 Å². The van der Waals surface area contributed by atoms with E-state index in [4.69, 9.17) is 11.6 Å². The van der Waals surface area contributed by atoms with Gasteiger partial charge in [-0.1, -0.05) is 12.1 Å². The highest BCUT2D eigenvalue weighted by Crippen LogP contribution is 2.32. The summed E-state index contributed by atoms with van der Waals surface area (Å²) >= 11 is 5.78. The molecule has 1 heterocycles. The number of aromatic nitrogens is 3. The maximum absolute atomic E-state index is 12.8. The minimum absolute atomic E-state index is 0.00305. The third-order valence-electron chi connectivity index (χ3n) is 2.85. The third kappa shape index (κ3) is 2.80. The molecule has 3 nitrogen and oxygen atoms in total. The average Bonchev–Trinajstić information content (AvgIpc) is 2.81. The van der Waals surface area contributed by atoms with E-state index in [0.717, 1.165) is 12.1 Å². The summed E-state index contributed by atoms with van der Waals surface area (Å²) in [6.45, 7) is 3.80. The molecule has 108 valence electrons. The van der Waals surface area contributed by atoms with Crippen LogP contribution in [0.4, 0.5) is 13.2 Å². The molecule has 0 N–H and O–H groups in total. The summed E-state index contributed by atoms with van der Waals surface area (Å²) in [5, 5.41) is 7.89. The molecule has 0 aliphatic heterocycles. The van der Waals surface area contributed by atoms with Gasteiger partial charge >= 0.3 is 6.18 Å². The zero-order valence-electron chi connectivity index (χ0n) is 10.9. The second-order valence-corrected chi connectivity index (χ2v) is 4.88. The Hall–Kier alpha value is -1.56. The Morgan fingerprint density at radius 2 is 1.95 bits per heavy atom. The Morgan fingerprint density at radius 1 is 1.25 bits per heavy atom. The SMILES string of the molecule is CC(C)n1c(CCl)nnc1-c1cccc(C(F)(F)F)c1. The van der Waals surface area contributed by atoms with Crippen molar-refractivity contribution in [2.75, 3.05) is 0 Å². The summed E-state index contributed by atoms with van der Waals surface area (Å²) in [5.41, 5.74) is -0.335. The summed E-state index contributed by atoms with van der Waals surface area (Å²) in [7, 11) is 0. The van der Waals surface area contributed by atoms with E-state index in [1.165, 1.54) is 6.07 Å². The molecule has 20 heavy (non-hydrogen) atoms. The number of alkyl halides is 4. The summed E-state index contributed by atoms with van der Waals surface area (Å²) in [4.78, 5) is 0. The van der Waals surface area contributed by atoms with Crippen LogP contribution in [0.3, 0.4) is 0 Å². The highest BCUT2D eigenvalue weighted by Gasteiger charge is 2.31. The first-order valence-corrected chi connectivity index (χ1v) is 6.55. The number of rotatable bonds is 3. The van der Waals surface area contributed by atoms with Crippen molar-refractivity contribution in [3.05, 3.63) is 35.7 Å². The van der Waals surface area contributed by atoms with Crippen LogP contribution in [0.15, 0.2) is 24.3 Å². The molecular weight excluding hydrogens is 291 g/mol. The molecule has 0 unspecified atom stereocenters. The van der Waals surface area contributed by atoms with E-state index < -0.39 is 11.7 Å². The molecule has 0 atom stereocenters. The van der Waals surface area contributed by atoms with Crippen LogP contribution < -0.4 is 0 Å². The van der Waals surface area contributed by atoms with Gasteiger partial charge in [-0.25, -0.2) is 0 Å². The maximum Gasteiger partial charge on any atom is 0.416 e. The standard InChI is InChI=1S/C13H13ClF3N3/c1-8(2)20-11(7-14)18-19-12(20)9-4-3-5-10(6-9)13(15,16)17/h3-6,8H,7H2,1-2H3. The van der Waals surface area contributed by atoms with Gasteiger partial charge in [0.1, 0.15) is 5.82 Å². The number of benzene rings is 1. The Labute approximate surface area is 119 Å². The molecular formula is C13H13ClF3N3. The monoisotopic (exact) mass is 303 g/mol. The van der Waals surface area contributed by atoms with Crippen molar-refractivity contribution in [3.8, 4) is 11.4 Å². The first-order valence-electron chi connectivity index (χ1n) is 6.02. The van der Waals surface area contributed by atoms with E-state index in [1.807, 2.05) is 13.8 Å². The Kier molecular flexibility index (Phi) is 4.04. The lowest BCUT2D eigenvalue weighted by molar-refractivity contribution is -0.137. The summed E-state index contributed by atoms with van der Waals surface area (Å²) in [5.74, 6) is 1.08. The number of nitrogens with zero attached hydrogens (tertiary/aromatic N) is 3. The van der Waals surface area contributed by atoms with Crippen LogP contribution in [0.1, 0.15) is 31.3 Å². The molecule has 0 aliphatic rings. The van der Waals surface area contributed by atoms with Gasteiger partial charge in [-0.2, -0.15) is 13.2 Å². The van der Waals surface area contributed by atoms with Crippen LogP contribution in [-0.4, -0.2) is 14.8 Å². The van der Waals surface area contributed by atoms with Crippen molar-refractivity contribution in [1.82, 2.24) is 14.8 Å². The van der Waals surface area contributed by atoms with Crippen molar-refractivity contribution < 1.29 is 13.2 Å². The Balaban J connectivity index is 2.55. The van der Waals surface area contributed by atoms with Crippen LogP contribution in [-0.2, 0) is 12.1 Å². The molecule has 2 rings (SSSR count). The van der Waals surface area contributed by atoms with Gasteiger partial charge in [-0.15, -0.1) is 21.8 Å².